The second-order valence-corrected chi connectivity index (χ2v) is 13.6. The molecule has 0 spiro atoms. The number of benzene rings is 2. The number of sulfonamides is 2. The maximum absolute atomic E-state index is 12.7. The molecule has 3 N–H and O–H groups in total. The summed E-state index contributed by atoms with van der Waals surface area (Å²) in [7, 11) is -7.46. The Hall–Kier alpha value is -2.89. The standard InChI is InChI=1S/C23H26N2O6S3/c1-14(2)33(28,29)24-19-10-11-32-22(19)17-12-18(23(26)27)21(16-8-6-5-7-9-16)20(13-17)25-34(30,31)15(3)4/h5-15,24-25H,1-4H3,(H,26,27). The zero-order valence-electron chi connectivity index (χ0n) is 19.1. The van der Waals surface area contributed by atoms with Gasteiger partial charge in [-0.1, -0.05) is 30.3 Å². The van der Waals surface area contributed by atoms with Crippen molar-refractivity contribution in [3.05, 3.63) is 59.5 Å². The number of carbonyl (C=O) groups is 1. The lowest BCUT2D eigenvalue weighted by Gasteiger charge is -2.19. The number of rotatable bonds is 9. The van der Waals surface area contributed by atoms with Crippen molar-refractivity contribution in [2.75, 3.05) is 9.44 Å². The van der Waals surface area contributed by atoms with Gasteiger partial charge in [0.05, 0.1) is 32.3 Å². The summed E-state index contributed by atoms with van der Waals surface area (Å²) in [5.74, 6) is -1.24. The third-order valence-corrected chi connectivity index (χ3v) is 9.56. The van der Waals surface area contributed by atoms with Gasteiger partial charge in [0.1, 0.15) is 0 Å². The molecule has 0 saturated carbocycles. The zero-order valence-corrected chi connectivity index (χ0v) is 21.5. The third kappa shape index (κ3) is 5.43. The van der Waals surface area contributed by atoms with Crippen molar-refractivity contribution in [2.45, 2.75) is 38.2 Å². The molecule has 0 aliphatic rings. The van der Waals surface area contributed by atoms with Crippen LogP contribution in [0, 0.1) is 0 Å². The molecule has 1 heterocycles. The van der Waals surface area contributed by atoms with Crippen molar-refractivity contribution in [1.82, 2.24) is 0 Å². The van der Waals surface area contributed by atoms with Crippen molar-refractivity contribution >= 4 is 48.7 Å². The molecule has 182 valence electrons. The first-order valence-electron chi connectivity index (χ1n) is 10.4. The number of carboxylic acids is 1. The minimum atomic E-state index is -3.81. The Morgan fingerprint density at radius 1 is 0.824 bits per heavy atom. The molecule has 34 heavy (non-hydrogen) atoms. The maximum atomic E-state index is 12.7. The summed E-state index contributed by atoms with van der Waals surface area (Å²) in [5.41, 5.74) is 1.40. The highest BCUT2D eigenvalue weighted by Crippen LogP contribution is 2.41. The Balaban J connectivity index is 2.29. The van der Waals surface area contributed by atoms with E-state index >= 15 is 0 Å². The summed E-state index contributed by atoms with van der Waals surface area (Å²) in [4.78, 5) is 12.8. The molecule has 0 fully saturated rings. The molecule has 1 aromatic heterocycles. The molecule has 0 atom stereocenters. The van der Waals surface area contributed by atoms with E-state index in [2.05, 4.69) is 9.44 Å². The van der Waals surface area contributed by atoms with Gasteiger partial charge in [0.15, 0.2) is 0 Å². The second-order valence-electron chi connectivity index (χ2n) is 8.17. The largest absolute Gasteiger partial charge is 0.478 e. The van der Waals surface area contributed by atoms with Crippen LogP contribution < -0.4 is 9.44 Å². The van der Waals surface area contributed by atoms with E-state index in [4.69, 9.17) is 0 Å². The third-order valence-electron chi connectivity index (χ3n) is 5.10. The van der Waals surface area contributed by atoms with Crippen LogP contribution in [0.2, 0.25) is 0 Å². The number of nitrogens with one attached hydrogen (secondary N) is 2. The molecule has 0 aliphatic carbocycles. The fraction of sp³-hybridized carbons (Fsp3) is 0.261. The topological polar surface area (TPSA) is 130 Å². The highest BCUT2D eigenvalue weighted by molar-refractivity contribution is 7.93. The summed E-state index contributed by atoms with van der Waals surface area (Å²) < 4.78 is 55.4. The van der Waals surface area contributed by atoms with Crippen LogP contribution >= 0.6 is 11.3 Å². The molecule has 0 saturated heterocycles. The van der Waals surface area contributed by atoms with Gasteiger partial charge < -0.3 is 5.11 Å². The zero-order chi connectivity index (χ0) is 25.3. The van der Waals surface area contributed by atoms with Crippen LogP contribution in [0.3, 0.4) is 0 Å². The smallest absolute Gasteiger partial charge is 0.336 e. The summed E-state index contributed by atoms with van der Waals surface area (Å²) in [6, 6.07) is 13.2. The van der Waals surface area contributed by atoms with Gasteiger partial charge in [-0.05, 0) is 62.4 Å². The van der Waals surface area contributed by atoms with E-state index in [-0.39, 0.29) is 16.8 Å². The van der Waals surface area contributed by atoms with E-state index < -0.39 is 36.5 Å². The van der Waals surface area contributed by atoms with E-state index in [1.807, 2.05) is 0 Å². The lowest BCUT2D eigenvalue weighted by Crippen LogP contribution is -2.23. The van der Waals surface area contributed by atoms with Crippen LogP contribution in [-0.2, 0) is 20.0 Å². The van der Waals surface area contributed by atoms with Crippen LogP contribution in [0.25, 0.3) is 21.6 Å². The quantitative estimate of drug-likeness (QED) is 0.359. The molecule has 8 nitrogen and oxygen atoms in total. The van der Waals surface area contributed by atoms with Crippen molar-refractivity contribution in [1.29, 1.82) is 0 Å². The van der Waals surface area contributed by atoms with Gasteiger partial charge in [-0.15, -0.1) is 11.3 Å². The van der Waals surface area contributed by atoms with Crippen molar-refractivity contribution < 1.29 is 26.7 Å². The highest BCUT2D eigenvalue weighted by Gasteiger charge is 2.25. The average molecular weight is 523 g/mol. The predicted molar refractivity (Wildman–Crippen MR) is 138 cm³/mol. The van der Waals surface area contributed by atoms with E-state index in [0.717, 1.165) is 0 Å². The lowest BCUT2D eigenvalue weighted by molar-refractivity contribution is 0.0697. The Labute approximate surface area is 203 Å². The molecule has 0 amide bonds. The SMILES string of the molecule is CC(C)S(=O)(=O)Nc1ccsc1-c1cc(NS(=O)(=O)C(C)C)c(-c2ccccc2)c(C(=O)O)c1. The molecular formula is C23H26N2O6S3. The van der Waals surface area contributed by atoms with E-state index in [9.17, 15) is 26.7 Å². The van der Waals surface area contributed by atoms with Gasteiger partial charge in [-0.3, -0.25) is 9.44 Å². The first kappa shape index (κ1) is 25.7. The van der Waals surface area contributed by atoms with Crippen LogP contribution in [0.15, 0.2) is 53.9 Å². The number of anilines is 2. The number of hydrogen-bond acceptors (Lipinski definition) is 6. The summed E-state index contributed by atoms with van der Waals surface area (Å²) in [5, 5.41) is 10.3. The van der Waals surface area contributed by atoms with Gasteiger partial charge in [0.25, 0.3) is 0 Å². The normalized spacial score (nSPS) is 12.2. The van der Waals surface area contributed by atoms with Gasteiger partial charge in [-0.2, -0.15) is 0 Å². The number of hydrogen-bond donors (Lipinski definition) is 3. The Morgan fingerprint density at radius 2 is 1.38 bits per heavy atom. The van der Waals surface area contributed by atoms with Crippen molar-refractivity contribution in [2.24, 2.45) is 0 Å². The first-order valence-corrected chi connectivity index (χ1v) is 14.4. The van der Waals surface area contributed by atoms with Crippen LogP contribution in [0.4, 0.5) is 11.4 Å². The molecule has 2 aromatic carbocycles. The monoisotopic (exact) mass is 522 g/mol. The molecule has 11 heteroatoms. The summed E-state index contributed by atoms with van der Waals surface area (Å²) in [6.45, 7) is 6.13. The fourth-order valence-electron chi connectivity index (χ4n) is 3.09. The van der Waals surface area contributed by atoms with E-state index in [1.165, 1.54) is 37.3 Å². The van der Waals surface area contributed by atoms with Crippen LogP contribution in [0.5, 0.6) is 0 Å². The minimum Gasteiger partial charge on any atom is -0.478 e. The minimum absolute atomic E-state index is 0.0980. The average Bonchev–Trinajstić information content (AvgIpc) is 3.20. The Morgan fingerprint density at radius 3 is 1.91 bits per heavy atom. The van der Waals surface area contributed by atoms with Crippen LogP contribution in [-0.4, -0.2) is 38.4 Å². The van der Waals surface area contributed by atoms with Gasteiger partial charge in [0, 0.05) is 5.56 Å². The molecular weight excluding hydrogens is 496 g/mol. The van der Waals surface area contributed by atoms with Crippen LogP contribution in [0.1, 0.15) is 38.1 Å². The van der Waals surface area contributed by atoms with E-state index in [0.29, 0.717) is 21.7 Å². The van der Waals surface area contributed by atoms with Crippen molar-refractivity contribution in [3.8, 4) is 21.6 Å². The fourth-order valence-corrected chi connectivity index (χ4v) is 5.41. The molecule has 3 aromatic rings. The van der Waals surface area contributed by atoms with Gasteiger partial charge >= 0.3 is 5.97 Å². The predicted octanol–water partition coefficient (Wildman–Crippen LogP) is 5.08. The maximum Gasteiger partial charge on any atom is 0.336 e. The molecule has 0 unspecified atom stereocenters. The van der Waals surface area contributed by atoms with Gasteiger partial charge in [-0.25, -0.2) is 21.6 Å². The lowest BCUT2D eigenvalue weighted by atomic mass is 9.95. The molecule has 0 radical (unpaired) electrons. The summed E-state index contributed by atoms with van der Waals surface area (Å²) >= 11 is 1.21. The summed E-state index contributed by atoms with van der Waals surface area (Å²) in [6.07, 6.45) is 0. The molecule has 0 aliphatic heterocycles. The van der Waals surface area contributed by atoms with Crippen molar-refractivity contribution in [3.63, 3.8) is 0 Å². The molecule has 0 bridgehead atoms. The highest BCUT2D eigenvalue weighted by atomic mass is 32.2. The number of carboxylic acid groups (broad SMARTS) is 1. The second kappa shape index (κ2) is 9.77. The number of aromatic carboxylic acids is 1. The Kier molecular flexibility index (Phi) is 7.39. The Bertz CT molecular complexity index is 1410. The molecule has 3 rings (SSSR count). The van der Waals surface area contributed by atoms with E-state index in [1.54, 1.807) is 55.6 Å². The van der Waals surface area contributed by atoms with Gasteiger partial charge in [0.2, 0.25) is 20.0 Å². The number of thiophene rings is 1. The first-order chi connectivity index (χ1) is 15.8.